The lowest BCUT2D eigenvalue weighted by atomic mass is 9.87. The van der Waals surface area contributed by atoms with Crippen molar-refractivity contribution in [2.45, 2.75) is 19.7 Å². The highest BCUT2D eigenvalue weighted by atomic mass is 32.1. The molecule has 0 aromatic heterocycles. The molecule has 26 heavy (non-hydrogen) atoms. The highest BCUT2D eigenvalue weighted by Crippen LogP contribution is 2.14. The quantitative estimate of drug-likeness (QED) is 0.373. The molecule has 0 N–H and O–H groups in total. The van der Waals surface area contributed by atoms with E-state index in [-0.39, 0.29) is 29.6 Å². The van der Waals surface area contributed by atoms with E-state index in [0.29, 0.717) is 6.42 Å². The van der Waals surface area contributed by atoms with Gasteiger partial charge in [-0.15, -0.1) is 0 Å². The Morgan fingerprint density at radius 2 is 1.62 bits per heavy atom. The molecule has 3 atom stereocenters. The maximum atomic E-state index is 12.6. The minimum Gasteiger partial charge on any atom is -0.312 e. The number of benzene rings is 1. The fraction of sp³-hybridized carbons (Fsp3) is 0.350. The molecule has 0 saturated heterocycles. The van der Waals surface area contributed by atoms with Gasteiger partial charge in [0.15, 0.2) is 19.4 Å². The summed E-state index contributed by atoms with van der Waals surface area (Å²) in [5.41, 5.74) is 0.440. The van der Waals surface area contributed by atoms with E-state index in [4.69, 9.17) is 15.7 Å². The second-order valence-electron chi connectivity index (χ2n) is 6.15. The maximum Gasteiger partial charge on any atom is 0.168 e. The molecule has 0 aliphatic carbocycles. The molecule has 0 aliphatic rings. The molecule has 0 heterocycles. The topological polar surface area (TPSA) is 51.2 Å². The number of carbonyl (C=O) groups excluding carboxylic acids is 3. The third kappa shape index (κ3) is 7.61. The van der Waals surface area contributed by atoms with Crippen LogP contribution in [0.3, 0.4) is 0 Å². The molecule has 0 aliphatic heterocycles. The Kier molecular flexibility index (Phi) is 10.0. The summed E-state index contributed by atoms with van der Waals surface area (Å²) >= 11 is 4.06. The molecule has 0 bridgehead atoms. The SMILES string of the molecule is [B]C[C@H](C)C(=O)/C=C/[C@@H](Cc1ccccc1)C(=O)/C=C/C(CS)C([B])=O. The highest BCUT2D eigenvalue weighted by Gasteiger charge is 2.16. The van der Waals surface area contributed by atoms with E-state index < -0.39 is 17.5 Å². The molecule has 6 heteroatoms. The second-order valence-corrected chi connectivity index (χ2v) is 6.51. The van der Waals surface area contributed by atoms with Gasteiger partial charge in [-0.2, -0.15) is 12.6 Å². The normalized spacial score (nSPS) is 15.0. The van der Waals surface area contributed by atoms with Crippen molar-refractivity contribution in [3.8, 4) is 0 Å². The van der Waals surface area contributed by atoms with Crippen LogP contribution in [0, 0.1) is 17.8 Å². The van der Waals surface area contributed by atoms with Crippen molar-refractivity contribution in [2.75, 3.05) is 5.75 Å². The molecule has 0 fully saturated rings. The Morgan fingerprint density at radius 1 is 1.04 bits per heavy atom. The largest absolute Gasteiger partial charge is 0.312 e. The first-order valence-electron chi connectivity index (χ1n) is 8.47. The van der Waals surface area contributed by atoms with Gasteiger partial charge in [0.1, 0.15) is 0 Å². The summed E-state index contributed by atoms with van der Waals surface area (Å²) in [6.07, 6.45) is 6.54. The summed E-state index contributed by atoms with van der Waals surface area (Å²) in [5, 5.41) is 0. The fourth-order valence-electron chi connectivity index (χ4n) is 2.20. The number of carbonyl (C=O) groups is 3. The Bertz CT molecular complexity index is 671. The van der Waals surface area contributed by atoms with Crippen LogP contribution in [0.2, 0.25) is 6.32 Å². The first kappa shape index (κ1) is 22.2. The Labute approximate surface area is 163 Å². The van der Waals surface area contributed by atoms with Crippen molar-refractivity contribution in [2.24, 2.45) is 17.8 Å². The van der Waals surface area contributed by atoms with Crippen LogP contribution in [0.25, 0.3) is 0 Å². The Hall–Kier alpha value is -1.81. The molecular weight excluding hydrogens is 342 g/mol. The Morgan fingerprint density at radius 3 is 2.15 bits per heavy atom. The van der Waals surface area contributed by atoms with Gasteiger partial charge in [-0.25, -0.2) is 0 Å². The molecule has 1 aromatic carbocycles. The van der Waals surface area contributed by atoms with E-state index in [9.17, 15) is 14.4 Å². The van der Waals surface area contributed by atoms with Crippen LogP contribution < -0.4 is 0 Å². The summed E-state index contributed by atoms with van der Waals surface area (Å²) in [6, 6.07) is 9.51. The summed E-state index contributed by atoms with van der Waals surface area (Å²) in [7, 11) is 10.8. The van der Waals surface area contributed by atoms with Crippen LogP contribution >= 0.6 is 12.6 Å². The maximum absolute atomic E-state index is 12.6. The molecule has 0 amide bonds. The summed E-state index contributed by atoms with van der Waals surface area (Å²) in [4.78, 5) is 35.8. The number of thiol groups is 1. The number of rotatable bonds is 11. The standard InChI is InChI=1S/C20H22B2O3S/c1-14(12-21)18(23)9-7-16(11-15-5-3-2-4-6-15)19(24)10-8-17(13-26)20(22)25/h2-10,14,16-17,26H,11-13H2,1H3/b9-7+,10-8+/t14-,16-,17?/m0/s1. The van der Waals surface area contributed by atoms with Gasteiger partial charge >= 0.3 is 0 Å². The average Bonchev–Trinajstić information content (AvgIpc) is 2.64. The predicted octanol–water partition coefficient (Wildman–Crippen LogP) is 2.56. The van der Waals surface area contributed by atoms with Crippen LogP contribution in [-0.2, 0) is 20.8 Å². The molecule has 1 aromatic rings. The van der Waals surface area contributed by atoms with Crippen molar-refractivity contribution >= 4 is 45.6 Å². The third-order valence-corrected chi connectivity index (χ3v) is 4.44. The predicted molar refractivity (Wildman–Crippen MR) is 110 cm³/mol. The van der Waals surface area contributed by atoms with Gasteiger partial charge in [-0.05, 0) is 24.1 Å². The van der Waals surface area contributed by atoms with Gasteiger partial charge in [0.05, 0.1) is 13.5 Å². The smallest absolute Gasteiger partial charge is 0.168 e. The first-order chi connectivity index (χ1) is 12.4. The van der Waals surface area contributed by atoms with E-state index in [1.165, 1.54) is 18.2 Å². The number of ketones is 2. The Balaban J connectivity index is 2.97. The van der Waals surface area contributed by atoms with Gasteiger partial charge in [0, 0.05) is 23.5 Å². The zero-order valence-corrected chi connectivity index (χ0v) is 15.8. The second kappa shape index (κ2) is 11.7. The van der Waals surface area contributed by atoms with Crippen molar-refractivity contribution < 1.29 is 14.4 Å². The fourth-order valence-corrected chi connectivity index (χ4v) is 2.50. The van der Waals surface area contributed by atoms with Crippen LogP contribution in [0.5, 0.6) is 0 Å². The number of hydrogen-bond acceptors (Lipinski definition) is 4. The lowest BCUT2D eigenvalue weighted by Gasteiger charge is -2.11. The van der Waals surface area contributed by atoms with Gasteiger partial charge in [-0.3, -0.25) is 9.59 Å². The van der Waals surface area contributed by atoms with Crippen molar-refractivity contribution in [1.29, 1.82) is 0 Å². The van der Waals surface area contributed by atoms with E-state index in [2.05, 4.69) is 12.6 Å². The van der Waals surface area contributed by atoms with Crippen LogP contribution in [-0.4, -0.2) is 38.7 Å². The molecular formula is C20H22B2O3S. The minimum absolute atomic E-state index is 0.118. The van der Waals surface area contributed by atoms with Crippen LogP contribution in [0.4, 0.5) is 0 Å². The minimum atomic E-state index is -0.609. The first-order valence-corrected chi connectivity index (χ1v) is 9.10. The molecule has 132 valence electrons. The molecule has 1 rings (SSSR count). The molecule has 1 unspecified atom stereocenters. The van der Waals surface area contributed by atoms with Gasteiger partial charge < -0.3 is 4.79 Å². The van der Waals surface area contributed by atoms with Crippen molar-refractivity contribution in [3.05, 3.63) is 60.2 Å². The summed E-state index contributed by atoms with van der Waals surface area (Å²) in [6.45, 7) is 1.74. The lowest BCUT2D eigenvalue weighted by Crippen LogP contribution is -2.17. The molecule has 0 saturated carbocycles. The van der Waals surface area contributed by atoms with Gasteiger partial charge in [0.2, 0.25) is 0 Å². The number of allylic oxidation sites excluding steroid dienone is 4. The molecule has 3 nitrogen and oxygen atoms in total. The van der Waals surface area contributed by atoms with E-state index >= 15 is 0 Å². The van der Waals surface area contributed by atoms with Crippen LogP contribution in [0.15, 0.2) is 54.6 Å². The van der Waals surface area contributed by atoms with E-state index in [0.717, 1.165) is 5.56 Å². The zero-order chi connectivity index (χ0) is 19.5. The third-order valence-electron chi connectivity index (χ3n) is 4.05. The van der Waals surface area contributed by atoms with E-state index in [1.54, 1.807) is 13.0 Å². The van der Waals surface area contributed by atoms with E-state index in [1.807, 2.05) is 30.3 Å². The average molecular weight is 364 g/mol. The van der Waals surface area contributed by atoms with Crippen molar-refractivity contribution in [1.82, 2.24) is 0 Å². The summed E-state index contributed by atoms with van der Waals surface area (Å²) < 4.78 is 0. The molecule has 0 spiro atoms. The number of hydrogen-bond donors (Lipinski definition) is 1. The van der Waals surface area contributed by atoms with Gasteiger partial charge in [0.25, 0.3) is 0 Å². The molecule has 4 radical (unpaired) electrons. The van der Waals surface area contributed by atoms with Gasteiger partial charge in [-0.1, -0.05) is 55.7 Å². The zero-order valence-electron chi connectivity index (χ0n) is 14.9. The summed E-state index contributed by atoms with van der Waals surface area (Å²) in [5.74, 6) is -1.51. The van der Waals surface area contributed by atoms with Crippen LogP contribution in [0.1, 0.15) is 12.5 Å². The highest BCUT2D eigenvalue weighted by molar-refractivity contribution is 7.80. The monoisotopic (exact) mass is 364 g/mol. The van der Waals surface area contributed by atoms with Crippen molar-refractivity contribution in [3.63, 3.8) is 0 Å². The lowest BCUT2D eigenvalue weighted by molar-refractivity contribution is -0.117.